The summed E-state index contributed by atoms with van der Waals surface area (Å²) in [6.07, 6.45) is 0. The summed E-state index contributed by atoms with van der Waals surface area (Å²) in [7, 11) is 1.67. The van der Waals surface area contributed by atoms with E-state index in [1.54, 1.807) is 7.11 Å². The van der Waals surface area contributed by atoms with Gasteiger partial charge in [-0.25, -0.2) is 0 Å². The average molecular weight is 377 g/mol. The zero-order valence-corrected chi connectivity index (χ0v) is 14.6. The van der Waals surface area contributed by atoms with Crippen LogP contribution in [0.3, 0.4) is 0 Å². The fraction of sp³-hybridized carbons (Fsp3) is 0.111. The molecule has 0 radical (unpaired) electrons. The van der Waals surface area contributed by atoms with Gasteiger partial charge in [0.15, 0.2) is 0 Å². The van der Waals surface area contributed by atoms with Gasteiger partial charge in [-0.3, -0.25) is 0 Å². The molecule has 0 fully saturated rings. The fourth-order valence-corrected chi connectivity index (χ4v) is 2.97. The van der Waals surface area contributed by atoms with Crippen LogP contribution in [-0.2, 0) is 0 Å². The molecule has 0 unspecified atom stereocenters. The molecule has 4 heteroatoms. The van der Waals surface area contributed by atoms with E-state index in [0.717, 1.165) is 32.9 Å². The molecule has 0 aliphatic heterocycles. The summed E-state index contributed by atoms with van der Waals surface area (Å²) in [5.41, 5.74) is 4.30. The van der Waals surface area contributed by atoms with E-state index in [1.807, 2.05) is 30.3 Å². The van der Waals surface area contributed by atoms with E-state index in [0.29, 0.717) is 5.02 Å². The minimum absolute atomic E-state index is 0.686. The van der Waals surface area contributed by atoms with Crippen molar-refractivity contribution in [2.24, 2.45) is 0 Å². The van der Waals surface area contributed by atoms with Crippen molar-refractivity contribution in [2.45, 2.75) is 6.92 Å². The van der Waals surface area contributed by atoms with Crippen LogP contribution in [0.1, 0.15) is 5.69 Å². The molecule has 0 bridgehead atoms. The molecule has 0 saturated heterocycles. The molecule has 1 aromatic heterocycles. The summed E-state index contributed by atoms with van der Waals surface area (Å²) < 4.78 is 8.72. The number of aromatic nitrogens is 1. The molecule has 0 aliphatic carbocycles. The van der Waals surface area contributed by atoms with Gasteiger partial charge in [0.2, 0.25) is 0 Å². The van der Waals surface area contributed by atoms with Gasteiger partial charge >= 0.3 is 0 Å². The normalized spacial score (nSPS) is 10.7. The maximum absolute atomic E-state index is 6.19. The van der Waals surface area contributed by atoms with Crippen molar-refractivity contribution in [3.63, 3.8) is 0 Å². The first-order valence-corrected chi connectivity index (χ1v) is 8.05. The van der Waals surface area contributed by atoms with Gasteiger partial charge in [0.25, 0.3) is 0 Å². The number of nitrogens with zero attached hydrogens (tertiary/aromatic N) is 1. The molecule has 2 aromatic carbocycles. The molecule has 3 rings (SSSR count). The van der Waals surface area contributed by atoms with Gasteiger partial charge in [0.05, 0.1) is 18.5 Å². The molecular formula is C18H15BrClNO. The van der Waals surface area contributed by atoms with Gasteiger partial charge in [-0.1, -0.05) is 39.7 Å². The van der Waals surface area contributed by atoms with Gasteiger partial charge < -0.3 is 9.30 Å². The predicted octanol–water partition coefficient (Wildman–Crippen LogP) is 5.88. The second-order valence-electron chi connectivity index (χ2n) is 5.02. The Morgan fingerprint density at radius 1 is 1.00 bits per heavy atom. The van der Waals surface area contributed by atoms with E-state index in [1.165, 1.54) is 0 Å². The van der Waals surface area contributed by atoms with E-state index in [-0.39, 0.29) is 0 Å². The molecule has 22 heavy (non-hydrogen) atoms. The Morgan fingerprint density at radius 2 is 1.73 bits per heavy atom. The van der Waals surface area contributed by atoms with E-state index >= 15 is 0 Å². The van der Waals surface area contributed by atoms with Crippen molar-refractivity contribution in [3.8, 4) is 22.7 Å². The highest BCUT2D eigenvalue weighted by Gasteiger charge is 2.14. The molecule has 0 atom stereocenters. The highest BCUT2D eigenvalue weighted by molar-refractivity contribution is 9.10. The fourth-order valence-electron chi connectivity index (χ4n) is 2.54. The van der Waals surface area contributed by atoms with Gasteiger partial charge in [-0.2, -0.15) is 0 Å². The molecule has 0 saturated carbocycles. The van der Waals surface area contributed by atoms with Crippen molar-refractivity contribution in [3.05, 3.63) is 69.8 Å². The Balaban J connectivity index is 2.22. The van der Waals surface area contributed by atoms with Crippen molar-refractivity contribution in [2.75, 3.05) is 7.11 Å². The minimum Gasteiger partial charge on any atom is -0.495 e. The molecule has 3 aromatic rings. The van der Waals surface area contributed by atoms with Crippen LogP contribution in [0.5, 0.6) is 5.75 Å². The van der Waals surface area contributed by atoms with E-state index in [9.17, 15) is 0 Å². The molecule has 2 nitrogen and oxygen atoms in total. The van der Waals surface area contributed by atoms with E-state index < -0.39 is 0 Å². The number of ether oxygens (including phenoxy) is 1. The highest BCUT2D eigenvalue weighted by atomic mass is 79.9. The van der Waals surface area contributed by atoms with Crippen molar-refractivity contribution in [1.82, 2.24) is 4.57 Å². The van der Waals surface area contributed by atoms with Gasteiger partial charge in [-0.05, 0) is 55.0 Å². The first-order valence-electron chi connectivity index (χ1n) is 6.88. The third-order valence-corrected chi connectivity index (χ3v) is 4.36. The molecular weight excluding hydrogens is 362 g/mol. The van der Waals surface area contributed by atoms with Crippen LogP contribution >= 0.6 is 27.5 Å². The SMILES string of the molecule is COc1ccc(Cl)cc1-n1c(C)ccc1-c1ccc(Br)cc1. The van der Waals surface area contributed by atoms with Crippen LogP contribution in [0.25, 0.3) is 16.9 Å². The largest absolute Gasteiger partial charge is 0.495 e. The lowest BCUT2D eigenvalue weighted by Gasteiger charge is -2.16. The van der Waals surface area contributed by atoms with Crippen LogP contribution in [0, 0.1) is 6.92 Å². The van der Waals surface area contributed by atoms with Gasteiger partial charge in [-0.15, -0.1) is 0 Å². The molecule has 112 valence electrons. The lowest BCUT2D eigenvalue weighted by atomic mass is 10.1. The number of benzene rings is 2. The third kappa shape index (κ3) is 2.79. The Labute approximate surface area is 143 Å². The Bertz CT molecular complexity index is 808. The summed E-state index contributed by atoms with van der Waals surface area (Å²) >= 11 is 9.66. The molecule has 0 N–H and O–H groups in total. The summed E-state index contributed by atoms with van der Waals surface area (Å²) in [4.78, 5) is 0. The van der Waals surface area contributed by atoms with Crippen molar-refractivity contribution in [1.29, 1.82) is 0 Å². The quantitative estimate of drug-likeness (QED) is 0.557. The first kappa shape index (κ1) is 15.2. The molecule has 0 amide bonds. The zero-order chi connectivity index (χ0) is 15.7. The topological polar surface area (TPSA) is 14.2 Å². The Hall–Kier alpha value is -1.71. The van der Waals surface area contributed by atoms with Crippen LogP contribution in [0.4, 0.5) is 0 Å². The number of aryl methyl sites for hydroxylation is 1. The second-order valence-corrected chi connectivity index (χ2v) is 6.37. The maximum Gasteiger partial charge on any atom is 0.142 e. The van der Waals surface area contributed by atoms with Crippen molar-refractivity contribution < 1.29 is 4.74 Å². The lowest BCUT2D eigenvalue weighted by Crippen LogP contribution is -2.02. The van der Waals surface area contributed by atoms with E-state index in [2.05, 4.69) is 51.7 Å². The standard InChI is InChI=1S/C18H15BrClNO/c1-12-3-9-16(13-4-6-14(19)7-5-13)21(12)17-11-15(20)8-10-18(17)22-2/h3-11H,1-2H3. The number of hydrogen-bond donors (Lipinski definition) is 0. The lowest BCUT2D eigenvalue weighted by molar-refractivity contribution is 0.413. The minimum atomic E-state index is 0.686. The first-order chi connectivity index (χ1) is 10.6. The Morgan fingerprint density at radius 3 is 2.41 bits per heavy atom. The number of methoxy groups -OCH3 is 1. The van der Waals surface area contributed by atoms with E-state index in [4.69, 9.17) is 16.3 Å². The second kappa shape index (κ2) is 6.19. The van der Waals surface area contributed by atoms with Crippen molar-refractivity contribution >= 4 is 27.5 Å². The van der Waals surface area contributed by atoms with Crippen LogP contribution < -0.4 is 4.74 Å². The summed E-state index contributed by atoms with van der Waals surface area (Å²) in [5, 5.41) is 0.686. The summed E-state index contributed by atoms with van der Waals surface area (Å²) in [6, 6.07) is 18.1. The number of hydrogen-bond acceptors (Lipinski definition) is 1. The smallest absolute Gasteiger partial charge is 0.142 e. The highest BCUT2D eigenvalue weighted by Crippen LogP contribution is 2.33. The number of halogens is 2. The van der Waals surface area contributed by atoms with Crippen LogP contribution in [-0.4, -0.2) is 11.7 Å². The van der Waals surface area contributed by atoms with Gasteiger partial charge in [0.1, 0.15) is 5.75 Å². The number of rotatable bonds is 3. The summed E-state index contributed by atoms with van der Waals surface area (Å²) in [6.45, 7) is 2.07. The van der Waals surface area contributed by atoms with Crippen LogP contribution in [0.15, 0.2) is 59.1 Å². The monoisotopic (exact) mass is 375 g/mol. The maximum atomic E-state index is 6.19. The van der Waals surface area contributed by atoms with Gasteiger partial charge in [0, 0.05) is 15.2 Å². The summed E-state index contributed by atoms with van der Waals surface area (Å²) in [5.74, 6) is 0.794. The average Bonchev–Trinajstić information content (AvgIpc) is 2.89. The third-order valence-electron chi connectivity index (χ3n) is 3.60. The zero-order valence-electron chi connectivity index (χ0n) is 12.3. The molecule has 0 aliphatic rings. The Kier molecular flexibility index (Phi) is 4.27. The van der Waals surface area contributed by atoms with Crippen LogP contribution in [0.2, 0.25) is 5.02 Å². The predicted molar refractivity (Wildman–Crippen MR) is 95.2 cm³/mol. The molecule has 1 heterocycles. The molecule has 0 spiro atoms.